The SMILES string of the molecule is CN(C)CC(=O)c1ccc(F)c(Br)c1. The normalized spacial score (nSPS) is 10.6. The molecule has 1 aromatic carbocycles. The minimum atomic E-state index is -0.355. The maximum atomic E-state index is 12.9. The molecule has 0 aliphatic heterocycles. The van der Waals surface area contributed by atoms with Gasteiger partial charge in [-0.15, -0.1) is 0 Å². The number of likely N-dealkylation sites (N-methyl/N-ethyl adjacent to an activating group) is 1. The van der Waals surface area contributed by atoms with Crippen molar-refractivity contribution in [1.82, 2.24) is 4.90 Å². The van der Waals surface area contributed by atoms with Gasteiger partial charge in [-0.3, -0.25) is 4.79 Å². The molecule has 76 valence electrons. The zero-order valence-electron chi connectivity index (χ0n) is 8.05. The Bertz CT molecular complexity index is 352. The van der Waals surface area contributed by atoms with Crippen LogP contribution in [0, 0.1) is 5.82 Å². The number of carbonyl (C=O) groups excluding carboxylic acids is 1. The van der Waals surface area contributed by atoms with Crippen LogP contribution in [0.25, 0.3) is 0 Å². The van der Waals surface area contributed by atoms with Crippen molar-refractivity contribution in [2.24, 2.45) is 0 Å². The maximum Gasteiger partial charge on any atom is 0.176 e. The summed E-state index contributed by atoms with van der Waals surface area (Å²) >= 11 is 3.04. The van der Waals surface area contributed by atoms with Crippen molar-refractivity contribution >= 4 is 21.7 Å². The van der Waals surface area contributed by atoms with Crippen LogP contribution in [0.1, 0.15) is 10.4 Å². The first-order chi connectivity index (χ1) is 6.50. The molecule has 0 saturated heterocycles. The Labute approximate surface area is 90.8 Å². The molecule has 0 aliphatic carbocycles. The summed E-state index contributed by atoms with van der Waals surface area (Å²) in [6.45, 7) is 0.331. The lowest BCUT2D eigenvalue weighted by molar-refractivity contribution is 0.0957. The Hall–Kier alpha value is -0.740. The van der Waals surface area contributed by atoms with Crippen LogP contribution < -0.4 is 0 Å². The molecule has 1 rings (SSSR count). The second-order valence-electron chi connectivity index (χ2n) is 3.29. The lowest BCUT2D eigenvalue weighted by Crippen LogP contribution is -2.21. The van der Waals surface area contributed by atoms with Crippen LogP contribution in [0.15, 0.2) is 22.7 Å². The zero-order valence-corrected chi connectivity index (χ0v) is 9.64. The smallest absolute Gasteiger partial charge is 0.176 e. The number of hydrogen-bond acceptors (Lipinski definition) is 2. The zero-order chi connectivity index (χ0) is 10.7. The highest BCUT2D eigenvalue weighted by Gasteiger charge is 2.08. The summed E-state index contributed by atoms with van der Waals surface area (Å²) in [4.78, 5) is 13.3. The summed E-state index contributed by atoms with van der Waals surface area (Å²) in [6.07, 6.45) is 0. The molecule has 0 unspecified atom stereocenters. The number of hydrogen-bond donors (Lipinski definition) is 0. The average Bonchev–Trinajstić information content (AvgIpc) is 2.08. The van der Waals surface area contributed by atoms with E-state index in [2.05, 4.69) is 15.9 Å². The van der Waals surface area contributed by atoms with E-state index in [1.807, 2.05) is 14.1 Å². The van der Waals surface area contributed by atoms with Gasteiger partial charge in [0.1, 0.15) is 5.82 Å². The predicted octanol–water partition coefficient (Wildman–Crippen LogP) is 2.33. The standard InChI is InChI=1S/C10H11BrFNO/c1-13(2)6-10(14)7-3-4-9(12)8(11)5-7/h3-5H,6H2,1-2H3. The van der Waals surface area contributed by atoms with Gasteiger partial charge in [-0.2, -0.15) is 0 Å². The fourth-order valence-electron chi connectivity index (χ4n) is 1.05. The molecule has 14 heavy (non-hydrogen) atoms. The largest absolute Gasteiger partial charge is 0.302 e. The molecule has 0 heterocycles. The van der Waals surface area contributed by atoms with Gasteiger partial charge in [0.05, 0.1) is 11.0 Å². The third-order valence-electron chi connectivity index (χ3n) is 1.70. The van der Waals surface area contributed by atoms with Crippen molar-refractivity contribution < 1.29 is 9.18 Å². The number of ketones is 1. The van der Waals surface area contributed by atoms with Crippen molar-refractivity contribution in [1.29, 1.82) is 0 Å². The van der Waals surface area contributed by atoms with E-state index in [1.54, 1.807) is 4.90 Å². The van der Waals surface area contributed by atoms with Crippen molar-refractivity contribution in [3.05, 3.63) is 34.1 Å². The molecule has 0 fully saturated rings. The highest BCUT2D eigenvalue weighted by atomic mass is 79.9. The minimum Gasteiger partial charge on any atom is -0.302 e. The van der Waals surface area contributed by atoms with E-state index in [-0.39, 0.29) is 11.6 Å². The third-order valence-corrected chi connectivity index (χ3v) is 2.31. The third kappa shape index (κ3) is 2.89. The summed E-state index contributed by atoms with van der Waals surface area (Å²) < 4.78 is 13.2. The highest BCUT2D eigenvalue weighted by molar-refractivity contribution is 9.10. The summed E-state index contributed by atoms with van der Waals surface area (Å²) in [5, 5.41) is 0. The lowest BCUT2D eigenvalue weighted by atomic mass is 10.1. The van der Waals surface area contributed by atoms with E-state index in [4.69, 9.17) is 0 Å². The van der Waals surface area contributed by atoms with Gasteiger partial charge in [0.15, 0.2) is 5.78 Å². The fraction of sp³-hybridized carbons (Fsp3) is 0.300. The Balaban J connectivity index is 2.86. The molecule has 1 aromatic rings. The molecule has 0 amide bonds. The molecular formula is C10H11BrFNO. The molecular weight excluding hydrogens is 249 g/mol. The van der Waals surface area contributed by atoms with Crippen LogP contribution in [0.3, 0.4) is 0 Å². The molecule has 0 aliphatic rings. The van der Waals surface area contributed by atoms with Crippen LogP contribution in [-0.4, -0.2) is 31.3 Å². The van der Waals surface area contributed by atoms with Crippen LogP contribution in [-0.2, 0) is 0 Å². The van der Waals surface area contributed by atoms with Crippen molar-refractivity contribution in [3.63, 3.8) is 0 Å². The van der Waals surface area contributed by atoms with Gasteiger partial charge in [0, 0.05) is 5.56 Å². The van der Waals surface area contributed by atoms with E-state index in [9.17, 15) is 9.18 Å². The maximum absolute atomic E-state index is 12.9. The number of Topliss-reactive ketones (excluding diaryl/α,β-unsaturated/α-hetero) is 1. The molecule has 0 radical (unpaired) electrons. The molecule has 0 aromatic heterocycles. The van der Waals surface area contributed by atoms with Gasteiger partial charge in [-0.1, -0.05) is 0 Å². The molecule has 0 spiro atoms. The van der Waals surface area contributed by atoms with Crippen LogP contribution in [0.4, 0.5) is 4.39 Å². The highest BCUT2D eigenvalue weighted by Crippen LogP contribution is 2.17. The van der Waals surface area contributed by atoms with Crippen molar-refractivity contribution in [3.8, 4) is 0 Å². The number of halogens is 2. The number of nitrogens with zero attached hydrogens (tertiary/aromatic N) is 1. The second-order valence-corrected chi connectivity index (χ2v) is 4.14. The molecule has 0 saturated carbocycles. The van der Waals surface area contributed by atoms with Gasteiger partial charge in [-0.25, -0.2) is 4.39 Å². The quantitative estimate of drug-likeness (QED) is 0.777. The van der Waals surface area contributed by atoms with Gasteiger partial charge >= 0.3 is 0 Å². The first-order valence-electron chi connectivity index (χ1n) is 4.13. The summed E-state index contributed by atoms with van der Waals surface area (Å²) in [5.74, 6) is -0.373. The topological polar surface area (TPSA) is 20.3 Å². The Kier molecular flexibility index (Phi) is 3.77. The predicted molar refractivity (Wildman–Crippen MR) is 57.0 cm³/mol. The monoisotopic (exact) mass is 259 g/mol. The molecule has 0 bridgehead atoms. The van der Waals surface area contributed by atoms with Gasteiger partial charge < -0.3 is 4.90 Å². The van der Waals surface area contributed by atoms with Crippen LogP contribution >= 0.6 is 15.9 Å². The van der Waals surface area contributed by atoms with Crippen molar-refractivity contribution in [2.45, 2.75) is 0 Å². The molecule has 4 heteroatoms. The lowest BCUT2D eigenvalue weighted by Gasteiger charge is -2.08. The van der Waals surface area contributed by atoms with Gasteiger partial charge in [-0.05, 0) is 48.2 Å². The van der Waals surface area contributed by atoms with Crippen LogP contribution in [0.2, 0.25) is 0 Å². The number of benzene rings is 1. The van der Waals surface area contributed by atoms with Gasteiger partial charge in [0.25, 0.3) is 0 Å². The summed E-state index contributed by atoms with van der Waals surface area (Å²) in [5.41, 5.74) is 0.520. The van der Waals surface area contributed by atoms with Crippen LogP contribution in [0.5, 0.6) is 0 Å². The Morgan fingerprint density at radius 3 is 2.64 bits per heavy atom. The number of carbonyl (C=O) groups is 1. The average molecular weight is 260 g/mol. The van der Waals surface area contributed by atoms with E-state index in [0.717, 1.165) is 0 Å². The van der Waals surface area contributed by atoms with E-state index < -0.39 is 0 Å². The molecule has 0 atom stereocenters. The molecule has 2 nitrogen and oxygen atoms in total. The van der Waals surface area contributed by atoms with E-state index in [1.165, 1.54) is 18.2 Å². The summed E-state index contributed by atoms with van der Waals surface area (Å²) in [7, 11) is 3.63. The summed E-state index contributed by atoms with van der Waals surface area (Å²) in [6, 6.07) is 4.28. The van der Waals surface area contributed by atoms with E-state index >= 15 is 0 Å². The van der Waals surface area contributed by atoms with Gasteiger partial charge in [0.2, 0.25) is 0 Å². The second kappa shape index (κ2) is 4.66. The fourth-order valence-corrected chi connectivity index (χ4v) is 1.43. The minimum absolute atomic E-state index is 0.0179. The van der Waals surface area contributed by atoms with Crippen molar-refractivity contribution in [2.75, 3.05) is 20.6 Å². The molecule has 0 N–H and O–H groups in total. The Morgan fingerprint density at radius 2 is 2.14 bits per heavy atom. The Morgan fingerprint density at radius 1 is 1.50 bits per heavy atom. The van der Waals surface area contributed by atoms with E-state index in [0.29, 0.717) is 16.6 Å². The first-order valence-corrected chi connectivity index (χ1v) is 4.93. The number of rotatable bonds is 3. The first kappa shape index (κ1) is 11.3.